The van der Waals surface area contributed by atoms with Crippen molar-refractivity contribution < 1.29 is 22.7 Å². The molecule has 0 bridgehead atoms. The first-order chi connectivity index (χ1) is 15.1. The molecule has 1 aromatic heterocycles. The van der Waals surface area contributed by atoms with Gasteiger partial charge < -0.3 is 9.30 Å². The molecule has 8 heteroatoms. The second-order valence-corrected chi connectivity index (χ2v) is 9.82. The van der Waals surface area contributed by atoms with Crippen molar-refractivity contribution in [1.29, 1.82) is 0 Å². The van der Waals surface area contributed by atoms with Gasteiger partial charge in [0.1, 0.15) is 0 Å². The highest BCUT2D eigenvalue weighted by Gasteiger charge is 2.21. The summed E-state index contributed by atoms with van der Waals surface area (Å²) >= 11 is 0. The van der Waals surface area contributed by atoms with E-state index >= 15 is 0 Å². The van der Waals surface area contributed by atoms with E-state index in [2.05, 4.69) is 0 Å². The number of Topliss-reactive ketones (excluding diaryl/α,β-unsaturated/α-hetero) is 1. The highest BCUT2D eigenvalue weighted by Crippen LogP contribution is 2.19. The van der Waals surface area contributed by atoms with Crippen LogP contribution in [0.5, 0.6) is 0 Å². The Morgan fingerprint density at radius 1 is 0.969 bits per heavy atom. The summed E-state index contributed by atoms with van der Waals surface area (Å²) < 4.78 is 32.8. The van der Waals surface area contributed by atoms with Crippen LogP contribution in [0.1, 0.15) is 37.7 Å². The molecule has 0 spiro atoms. The fraction of sp³-hybridized carbons (Fsp3) is 0.250. The predicted molar refractivity (Wildman–Crippen MR) is 121 cm³/mol. The topological polar surface area (TPSA) is 85.7 Å². The Hall–Kier alpha value is -3.23. The summed E-state index contributed by atoms with van der Waals surface area (Å²) in [4.78, 5) is 25.2. The molecule has 0 aliphatic heterocycles. The van der Waals surface area contributed by atoms with Gasteiger partial charge in [-0.25, -0.2) is 17.5 Å². The van der Waals surface area contributed by atoms with Crippen LogP contribution in [0.3, 0.4) is 0 Å². The maximum Gasteiger partial charge on any atom is 0.338 e. The van der Waals surface area contributed by atoms with Gasteiger partial charge in [0.2, 0.25) is 15.8 Å². The van der Waals surface area contributed by atoms with Crippen molar-refractivity contribution in [3.8, 4) is 0 Å². The summed E-state index contributed by atoms with van der Waals surface area (Å²) in [6, 6.07) is 17.3. The number of esters is 1. The van der Waals surface area contributed by atoms with Crippen LogP contribution >= 0.6 is 0 Å². The van der Waals surface area contributed by atoms with Crippen molar-refractivity contribution in [2.45, 2.75) is 25.3 Å². The second kappa shape index (κ2) is 9.50. The van der Waals surface area contributed by atoms with Crippen molar-refractivity contribution in [3.63, 3.8) is 0 Å². The van der Waals surface area contributed by atoms with Crippen LogP contribution in [0.4, 0.5) is 0 Å². The molecule has 0 fully saturated rings. The summed E-state index contributed by atoms with van der Waals surface area (Å²) in [5, 5.41) is 0. The van der Waals surface area contributed by atoms with Crippen LogP contribution in [0, 0.1) is 13.8 Å². The molecule has 0 radical (unpaired) electrons. The first kappa shape index (κ1) is 23.4. The molecular weight excluding hydrogens is 428 g/mol. The molecule has 0 saturated carbocycles. The lowest BCUT2D eigenvalue weighted by Gasteiger charge is -2.12. The predicted octanol–water partition coefficient (Wildman–Crippen LogP) is 3.44. The van der Waals surface area contributed by atoms with Crippen molar-refractivity contribution in [1.82, 2.24) is 8.87 Å². The Kier molecular flexibility index (Phi) is 6.96. The third-order valence-corrected chi connectivity index (χ3v) is 7.05. The molecule has 3 rings (SSSR count). The Morgan fingerprint density at radius 2 is 1.66 bits per heavy atom. The molecule has 0 atom stereocenters. The number of nitrogens with zero attached hydrogens (tertiary/aromatic N) is 2. The van der Waals surface area contributed by atoms with Gasteiger partial charge in [-0.15, -0.1) is 0 Å². The number of benzene rings is 2. The van der Waals surface area contributed by atoms with Crippen LogP contribution in [0.2, 0.25) is 0 Å². The normalized spacial score (nSPS) is 11.5. The molecule has 0 aliphatic rings. The van der Waals surface area contributed by atoms with Gasteiger partial charge in [-0.3, -0.25) is 4.79 Å². The van der Waals surface area contributed by atoms with E-state index in [-0.39, 0.29) is 16.2 Å². The lowest BCUT2D eigenvalue weighted by atomic mass is 10.1. The van der Waals surface area contributed by atoms with Crippen LogP contribution in [-0.4, -0.2) is 49.7 Å². The Labute approximate surface area is 188 Å². The van der Waals surface area contributed by atoms with Gasteiger partial charge in [0, 0.05) is 37.6 Å². The molecule has 168 valence electrons. The van der Waals surface area contributed by atoms with Gasteiger partial charge in [0.15, 0.2) is 6.61 Å². The summed E-state index contributed by atoms with van der Waals surface area (Å²) in [7, 11) is -0.865. The van der Waals surface area contributed by atoms with E-state index in [1.165, 1.54) is 38.4 Å². The van der Waals surface area contributed by atoms with Gasteiger partial charge in [0.05, 0.1) is 10.5 Å². The fourth-order valence-corrected chi connectivity index (χ4v) is 4.33. The molecule has 32 heavy (non-hydrogen) atoms. The van der Waals surface area contributed by atoms with Crippen molar-refractivity contribution >= 4 is 21.8 Å². The smallest absolute Gasteiger partial charge is 0.338 e. The van der Waals surface area contributed by atoms with Crippen molar-refractivity contribution in [2.24, 2.45) is 0 Å². The first-order valence-corrected chi connectivity index (χ1v) is 11.5. The number of carbonyl (C=O) groups is 2. The Balaban J connectivity index is 1.71. The molecule has 7 nitrogen and oxygen atoms in total. The summed E-state index contributed by atoms with van der Waals surface area (Å²) in [5.41, 5.74) is 3.41. The third kappa shape index (κ3) is 4.98. The summed E-state index contributed by atoms with van der Waals surface area (Å²) in [6.45, 7) is 3.99. The van der Waals surface area contributed by atoms with Crippen LogP contribution < -0.4 is 0 Å². The number of hydrogen-bond acceptors (Lipinski definition) is 5. The number of rotatable bonds is 8. The molecule has 2 aromatic carbocycles. The number of ether oxygens (including phenoxy) is 1. The maximum absolute atomic E-state index is 12.7. The summed E-state index contributed by atoms with van der Waals surface area (Å²) in [6.07, 6.45) is 0. The van der Waals surface area contributed by atoms with Crippen molar-refractivity contribution in [3.05, 3.63) is 88.7 Å². The molecule has 3 aromatic rings. The number of sulfonamides is 1. The Morgan fingerprint density at radius 3 is 2.31 bits per heavy atom. The van der Waals surface area contributed by atoms with E-state index in [1.807, 2.05) is 48.7 Å². The number of ketones is 1. The minimum Gasteiger partial charge on any atom is -0.454 e. The highest BCUT2D eigenvalue weighted by molar-refractivity contribution is 7.89. The van der Waals surface area contributed by atoms with Crippen molar-refractivity contribution in [2.75, 3.05) is 20.7 Å². The molecule has 1 heterocycles. The fourth-order valence-electron chi connectivity index (χ4n) is 3.38. The average Bonchev–Trinajstić information content (AvgIpc) is 3.06. The van der Waals surface area contributed by atoms with Gasteiger partial charge >= 0.3 is 5.97 Å². The van der Waals surface area contributed by atoms with Crippen LogP contribution in [-0.2, 0) is 21.3 Å². The van der Waals surface area contributed by atoms with Crippen LogP contribution in [0.15, 0.2) is 65.6 Å². The zero-order chi connectivity index (χ0) is 23.5. The van der Waals surface area contributed by atoms with E-state index in [9.17, 15) is 18.0 Å². The van der Waals surface area contributed by atoms with Gasteiger partial charge in [-0.1, -0.05) is 36.4 Å². The SMILES string of the molecule is Cc1cc(C(=O)COC(=O)c2cccc(S(=O)(=O)N(C)C)c2)c(C)n1Cc1ccccc1. The van der Waals surface area contributed by atoms with Gasteiger partial charge in [-0.2, -0.15) is 0 Å². The third-order valence-electron chi connectivity index (χ3n) is 5.24. The quantitative estimate of drug-likeness (QED) is 0.384. The maximum atomic E-state index is 12.7. The van der Waals surface area contributed by atoms with E-state index in [4.69, 9.17) is 4.74 Å². The van der Waals surface area contributed by atoms with Gasteiger partial charge in [-0.05, 0) is 43.7 Å². The Bertz CT molecular complexity index is 1240. The molecule has 0 saturated heterocycles. The number of aryl methyl sites for hydroxylation is 1. The largest absolute Gasteiger partial charge is 0.454 e. The molecule has 0 unspecified atom stereocenters. The number of hydrogen-bond donors (Lipinski definition) is 0. The van der Waals surface area contributed by atoms with E-state index in [0.717, 1.165) is 21.3 Å². The molecule has 0 N–H and O–H groups in total. The minimum atomic E-state index is -3.68. The van der Waals surface area contributed by atoms with E-state index < -0.39 is 22.6 Å². The monoisotopic (exact) mass is 454 g/mol. The highest BCUT2D eigenvalue weighted by atomic mass is 32.2. The van der Waals surface area contributed by atoms with E-state index in [1.54, 1.807) is 6.07 Å². The van der Waals surface area contributed by atoms with Gasteiger partial charge in [0.25, 0.3) is 0 Å². The van der Waals surface area contributed by atoms with E-state index in [0.29, 0.717) is 12.1 Å². The molecular formula is C24H26N2O5S. The first-order valence-electron chi connectivity index (χ1n) is 10.0. The lowest BCUT2D eigenvalue weighted by Crippen LogP contribution is -2.22. The second-order valence-electron chi connectivity index (χ2n) is 7.67. The number of carbonyl (C=O) groups excluding carboxylic acids is 2. The number of aromatic nitrogens is 1. The summed E-state index contributed by atoms with van der Waals surface area (Å²) in [5.74, 6) is -1.07. The average molecular weight is 455 g/mol. The lowest BCUT2D eigenvalue weighted by molar-refractivity contribution is 0.0474. The standard InChI is InChI=1S/C24H26N2O5S/c1-17-13-22(18(2)26(17)15-19-9-6-5-7-10-19)23(27)16-31-24(28)20-11-8-12-21(14-20)32(29,30)25(3)4/h5-14H,15-16H2,1-4H3. The molecule has 0 amide bonds. The minimum absolute atomic E-state index is 0.0206. The zero-order valence-electron chi connectivity index (χ0n) is 18.5. The zero-order valence-corrected chi connectivity index (χ0v) is 19.3. The van der Waals surface area contributed by atoms with Crippen LogP contribution in [0.25, 0.3) is 0 Å². The molecule has 0 aliphatic carbocycles.